The van der Waals surface area contributed by atoms with Gasteiger partial charge in [-0.2, -0.15) is 0 Å². The Hall–Kier alpha value is 0.137. The molecule has 0 bridgehead atoms. The van der Waals surface area contributed by atoms with Crippen molar-refractivity contribution in [2.75, 3.05) is 0 Å². The zero-order valence-corrected chi connectivity index (χ0v) is 12.9. The van der Waals surface area contributed by atoms with E-state index in [4.69, 9.17) is 0 Å². The van der Waals surface area contributed by atoms with Crippen molar-refractivity contribution in [2.24, 2.45) is 0 Å². The van der Waals surface area contributed by atoms with E-state index in [1.807, 2.05) is 0 Å². The van der Waals surface area contributed by atoms with Gasteiger partial charge in [-0.05, 0) is 53.6 Å². The van der Waals surface area contributed by atoms with Crippen LogP contribution in [0.5, 0.6) is 0 Å². The van der Waals surface area contributed by atoms with Crippen molar-refractivity contribution in [2.45, 2.75) is 78.6 Å². The van der Waals surface area contributed by atoms with Gasteiger partial charge in [-0.25, -0.2) is 0 Å². The highest BCUT2D eigenvalue weighted by Crippen LogP contribution is 2.17. The monoisotopic (exact) mass is 230 g/mol. The Labute approximate surface area is 97.4 Å². The molecule has 0 unspecified atom stereocenters. The lowest BCUT2D eigenvalue weighted by atomic mass is 10.1. The van der Waals surface area contributed by atoms with Crippen LogP contribution in [-0.2, 0) is 0 Å². The fraction of sp³-hybridized carbons (Fsp3) is 1.00. The average molecular weight is 230 g/mol. The lowest BCUT2D eigenvalue weighted by Crippen LogP contribution is -2.70. The van der Waals surface area contributed by atoms with Crippen molar-refractivity contribution in [3.8, 4) is 0 Å². The molecule has 0 amide bonds. The van der Waals surface area contributed by atoms with E-state index in [0.29, 0.717) is 0 Å². The summed E-state index contributed by atoms with van der Waals surface area (Å²) < 4.78 is 0. The number of hydrogen-bond acceptors (Lipinski definition) is 2. The number of rotatable bonds is 4. The standard InChI is InChI=1S/C12H30N2Si/c1-9-15(10-2,13-11(3,4)5)14-12(6,7)8/h13-14H,9-10H2,1-8H3. The lowest BCUT2D eigenvalue weighted by molar-refractivity contribution is 0.458. The van der Waals surface area contributed by atoms with Crippen LogP contribution in [0.2, 0.25) is 12.1 Å². The molecule has 3 heteroatoms. The normalized spacial score (nSPS) is 14.4. The molecular weight excluding hydrogens is 200 g/mol. The van der Waals surface area contributed by atoms with Gasteiger partial charge in [0.1, 0.15) is 0 Å². The molecule has 0 aliphatic rings. The third-order valence-corrected chi connectivity index (χ3v) is 7.31. The summed E-state index contributed by atoms with van der Waals surface area (Å²) >= 11 is 0. The Morgan fingerprint density at radius 2 is 1.00 bits per heavy atom. The molecule has 15 heavy (non-hydrogen) atoms. The third-order valence-electron chi connectivity index (χ3n) is 2.44. The van der Waals surface area contributed by atoms with Crippen LogP contribution >= 0.6 is 0 Å². The van der Waals surface area contributed by atoms with Gasteiger partial charge in [-0.15, -0.1) is 0 Å². The molecule has 0 saturated carbocycles. The molecule has 0 aliphatic carbocycles. The first-order valence-electron chi connectivity index (χ1n) is 6.12. The fourth-order valence-corrected chi connectivity index (χ4v) is 6.21. The minimum Gasteiger partial charge on any atom is -0.321 e. The minimum atomic E-state index is -1.51. The molecule has 0 heterocycles. The highest BCUT2D eigenvalue weighted by molar-refractivity contribution is 6.75. The number of hydrogen-bond donors (Lipinski definition) is 2. The lowest BCUT2D eigenvalue weighted by Gasteiger charge is -2.42. The van der Waals surface area contributed by atoms with Crippen LogP contribution in [0.25, 0.3) is 0 Å². The molecule has 0 aliphatic heterocycles. The van der Waals surface area contributed by atoms with Crippen LogP contribution in [0.15, 0.2) is 0 Å². The second kappa shape index (κ2) is 4.98. The molecule has 92 valence electrons. The van der Waals surface area contributed by atoms with E-state index in [2.05, 4.69) is 65.4 Å². The zero-order valence-electron chi connectivity index (χ0n) is 11.9. The first kappa shape index (κ1) is 15.1. The topological polar surface area (TPSA) is 24.1 Å². The van der Waals surface area contributed by atoms with E-state index in [1.165, 1.54) is 12.1 Å². The fourth-order valence-electron chi connectivity index (χ4n) is 2.07. The molecule has 0 aromatic carbocycles. The Kier molecular flexibility index (Phi) is 5.02. The quantitative estimate of drug-likeness (QED) is 0.725. The van der Waals surface area contributed by atoms with E-state index in [9.17, 15) is 0 Å². The SMILES string of the molecule is CC[Si](CC)(NC(C)(C)C)NC(C)(C)C. The van der Waals surface area contributed by atoms with Crippen LogP contribution in [0.1, 0.15) is 55.4 Å². The molecule has 0 aromatic heterocycles. The predicted octanol–water partition coefficient (Wildman–Crippen LogP) is 3.24. The van der Waals surface area contributed by atoms with E-state index in [0.717, 1.165) is 0 Å². The van der Waals surface area contributed by atoms with Crippen molar-refractivity contribution >= 4 is 8.40 Å². The molecule has 0 fully saturated rings. The van der Waals surface area contributed by atoms with Gasteiger partial charge in [0, 0.05) is 11.1 Å². The highest BCUT2D eigenvalue weighted by atomic mass is 28.3. The third kappa shape index (κ3) is 6.33. The van der Waals surface area contributed by atoms with Gasteiger partial charge in [0.2, 0.25) is 8.40 Å². The van der Waals surface area contributed by atoms with E-state index in [1.54, 1.807) is 0 Å². The molecule has 0 aromatic rings. The van der Waals surface area contributed by atoms with Crippen molar-refractivity contribution in [3.05, 3.63) is 0 Å². The summed E-state index contributed by atoms with van der Waals surface area (Å²) in [5.41, 5.74) is 0.410. The van der Waals surface area contributed by atoms with Crippen LogP contribution in [0.3, 0.4) is 0 Å². The minimum absolute atomic E-state index is 0.205. The second-order valence-electron chi connectivity index (χ2n) is 6.54. The van der Waals surface area contributed by atoms with Gasteiger partial charge in [0.05, 0.1) is 0 Å². The molecule has 2 N–H and O–H groups in total. The smallest absolute Gasteiger partial charge is 0.201 e. The maximum atomic E-state index is 3.85. The van der Waals surface area contributed by atoms with Gasteiger partial charge >= 0.3 is 0 Å². The summed E-state index contributed by atoms with van der Waals surface area (Å²) in [5.74, 6) is 0. The number of nitrogens with one attached hydrogen (secondary N) is 2. The maximum Gasteiger partial charge on any atom is 0.201 e. The Morgan fingerprint density at radius 3 is 1.13 bits per heavy atom. The van der Waals surface area contributed by atoms with Gasteiger partial charge in [-0.1, -0.05) is 13.8 Å². The van der Waals surface area contributed by atoms with Gasteiger partial charge in [0.15, 0.2) is 0 Å². The van der Waals surface area contributed by atoms with Gasteiger partial charge in [-0.3, -0.25) is 0 Å². The summed E-state index contributed by atoms with van der Waals surface area (Å²) in [7, 11) is -1.51. The van der Waals surface area contributed by atoms with Gasteiger partial charge in [0.25, 0.3) is 0 Å². The molecule has 0 spiro atoms. The molecule has 0 rings (SSSR count). The van der Waals surface area contributed by atoms with E-state index >= 15 is 0 Å². The van der Waals surface area contributed by atoms with Crippen LogP contribution in [0.4, 0.5) is 0 Å². The van der Waals surface area contributed by atoms with E-state index < -0.39 is 8.40 Å². The molecule has 2 nitrogen and oxygen atoms in total. The second-order valence-corrected chi connectivity index (χ2v) is 10.6. The van der Waals surface area contributed by atoms with Crippen molar-refractivity contribution in [3.63, 3.8) is 0 Å². The van der Waals surface area contributed by atoms with Gasteiger partial charge < -0.3 is 9.96 Å². The molecule has 0 saturated heterocycles. The van der Waals surface area contributed by atoms with E-state index in [-0.39, 0.29) is 11.1 Å². The first-order valence-corrected chi connectivity index (χ1v) is 8.54. The summed E-state index contributed by atoms with van der Waals surface area (Å²) in [6, 6.07) is 2.47. The van der Waals surface area contributed by atoms with Crippen molar-refractivity contribution in [1.29, 1.82) is 0 Å². The maximum absolute atomic E-state index is 3.85. The average Bonchev–Trinajstić information content (AvgIpc) is 1.98. The van der Waals surface area contributed by atoms with Crippen molar-refractivity contribution < 1.29 is 0 Å². The van der Waals surface area contributed by atoms with Crippen molar-refractivity contribution in [1.82, 2.24) is 9.96 Å². The summed E-state index contributed by atoms with van der Waals surface area (Å²) in [6.45, 7) is 18.1. The first-order chi connectivity index (χ1) is 6.54. The van der Waals surface area contributed by atoms with Crippen LogP contribution in [-0.4, -0.2) is 19.5 Å². The predicted molar refractivity (Wildman–Crippen MR) is 72.5 cm³/mol. The molecule has 0 atom stereocenters. The Balaban J connectivity index is 4.74. The Morgan fingerprint density at radius 1 is 0.733 bits per heavy atom. The summed E-state index contributed by atoms with van der Waals surface area (Å²) in [5, 5.41) is 0. The van der Waals surface area contributed by atoms with Crippen LogP contribution in [0, 0.1) is 0 Å². The zero-order chi connectivity index (χ0) is 12.3. The highest BCUT2D eigenvalue weighted by Gasteiger charge is 2.36. The van der Waals surface area contributed by atoms with Crippen LogP contribution < -0.4 is 9.96 Å². The Bertz CT molecular complexity index is 167. The summed E-state index contributed by atoms with van der Waals surface area (Å²) in [4.78, 5) is 7.71. The molecular formula is C12H30N2Si. The molecule has 0 radical (unpaired) electrons. The largest absolute Gasteiger partial charge is 0.321 e. The summed E-state index contributed by atoms with van der Waals surface area (Å²) in [6.07, 6.45) is 0.